The van der Waals surface area contributed by atoms with Gasteiger partial charge in [0.1, 0.15) is 5.82 Å². The molecule has 1 aliphatic carbocycles. The first-order chi connectivity index (χ1) is 14.9. The number of fused-ring (bicyclic) bond motifs is 1. The minimum absolute atomic E-state index is 0.163. The second-order valence-corrected chi connectivity index (χ2v) is 10.3. The summed E-state index contributed by atoms with van der Waals surface area (Å²) >= 11 is 0. The minimum Gasteiger partial charge on any atom is -0.465 e. The van der Waals surface area contributed by atoms with Crippen LogP contribution in [0.3, 0.4) is 0 Å². The number of carboxylic acid groups (broad SMARTS) is 1. The van der Waals surface area contributed by atoms with Gasteiger partial charge in [0.2, 0.25) is 10.0 Å². The number of piperazine rings is 1. The Kier molecular flexibility index (Phi) is 4.98. The SMILES string of the molecule is O=C(O)N1CCN(c2ccc(N3CCN(S(=O)(=O)C4CC4)CC3)cn2)c2ccccc21. The zero-order chi connectivity index (χ0) is 21.6. The third-order valence-corrected chi connectivity index (χ3v) is 8.56. The van der Waals surface area contributed by atoms with Gasteiger partial charge in [0, 0.05) is 39.3 Å². The molecule has 0 bridgehead atoms. The van der Waals surface area contributed by atoms with E-state index >= 15 is 0 Å². The Balaban J connectivity index is 1.30. The summed E-state index contributed by atoms with van der Waals surface area (Å²) < 4.78 is 26.5. The van der Waals surface area contributed by atoms with Crippen LogP contribution in [0.15, 0.2) is 42.6 Å². The Morgan fingerprint density at radius 1 is 0.935 bits per heavy atom. The van der Waals surface area contributed by atoms with Crippen molar-refractivity contribution in [1.29, 1.82) is 0 Å². The van der Waals surface area contributed by atoms with Gasteiger partial charge in [0.25, 0.3) is 0 Å². The molecule has 9 nitrogen and oxygen atoms in total. The number of rotatable bonds is 4. The number of sulfonamides is 1. The maximum atomic E-state index is 12.4. The van der Waals surface area contributed by atoms with Crippen molar-refractivity contribution in [3.63, 3.8) is 0 Å². The zero-order valence-electron chi connectivity index (χ0n) is 17.1. The summed E-state index contributed by atoms with van der Waals surface area (Å²) in [6.07, 6.45) is 2.43. The first kappa shape index (κ1) is 20.1. The summed E-state index contributed by atoms with van der Waals surface area (Å²) in [5.74, 6) is 0.760. The molecule has 1 aromatic carbocycles. The molecule has 2 aromatic rings. The van der Waals surface area contributed by atoms with E-state index in [1.807, 2.05) is 41.4 Å². The first-order valence-electron chi connectivity index (χ1n) is 10.5. The zero-order valence-corrected chi connectivity index (χ0v) is 17.9. The summed E-state index contributed by atoms with van der Waals surface area (Å²) in [6, 6.07) is 11.4. The van der Waals surface area contributed by atoms with E-state index in [2.05, 4.69) is 9.88 Å². The van der Waals surface area contributed by atoms with E-state index in [0.717, 1.165) is 30.0 Å². The maximum Gasteiger partial charge on any atom is 0.411 e. The summed E-state index contributed by atoms with van der Waals surface area (Å²) in [7, 11) is -3.12. The Hall–Kier alpha value is -2.85. The molecule has 3 heterocycles. The van der Waals surface area contributed by atoms with Crippen LogP contribution in [0.1, 0.15) is 12.8 Å². The predicted molar refractivity (Wildman–Crippen MR) is 119 cm³/mol. The van der Waals surface area contributed by atoms with Crippen molar-refractivity contribution in [2.24, 2.45) is 0 Å². The first-order valence-corrected chi connectivity index (χ1v) is 12.0. The van der Waals surface area contributed by atoms with Gasteiger partial charge in [-0.3, -0.25) is 4.90 Å². The molecule has 10 heteroatoms. The molecule has 31 heavy (non-hydrogen) atoms. The van der Waals surface area contributed by atoms with Crippen LogP contribution in [0.25, 0.3) is 0 Å². The molecule has 0 spiro atoms. The summed E-state index contributed by atoms with van der Waals surface area (Å²) in [5, 5.41) is 9.31. The van der Waals surface area contributed by atoms with Crippen molar-refractivity contribution in [3.05, 3.63) is 42.6 Å². The molecule has 3 aliphatic rings. The number of benzene rings is 1. The second-order valence-electron chi connectivity index (χ2n) is 8.08. The quantitative estimate of drug-likeness (QED) is 0.775. The van der Waals surface area contributed by atoms with Crippen LogP contribution in [0.2, 0.25) is 0 Å². The van der Waals surface area contributed by atoms with E-state index in [9.17, 15) is 18.3 Å². The van der Waals surface area contributed by atoms with E-state index in [1.54, 1.807) is 10.4 Å². The molecule has 0 unspecified atom stereocenters. The van der Waals surface area contributed by atoms with E-state index in [-0.39, 0.29) is 5.25 Å². The lowest BCUT2D eigenvalue weighted by atomic mass is 10.1. The normalized spacial score (nSPS) is 19.9. The van der Waals surface area contributed by atoms with Crippen LogP contribution in [-0.2, 0) is 10.0 Å². The van der Waals surface area contributed by atoms with Gasteiger partial charge in [0.15, 0.2) is 0 Å². The number of pyridine rings is 1. The maximum absolute atomic E-state index is 12.4. The average molecular weight is 444 g/mol. The minimum atomic E-state index is -3.12. The smallest absolute Gasteiger partial charge is 0.411 e. The topological polar surface area (TPSA) is 97.3 Å². The summed E-state index contributed by atoms with van der Waals surface area (Å²) in [6.45, 7) is 3.19. The van der Waals surface area contributed by atoms with Crippen LogP contribution in [0.5, 0.6) is 0 Å². The monoisotopic (exact) mass is 443 g/mol. The highest BCUT2D eigenvalue weighted by Crippen LogP contribution is 2.37. The Morgan fingerprint density at radius 2 is 1.65 bits per heavy atom. The number of hydrogen-bond acceptors (Lipinski definition) is 6. The third kappa shape index (κ3) is 3.70. The fourth-order valence-electron chi connectivity index (χ4n) is 4.30. The van der Waals surface area contributed by atoms with Gasteiger partial charge in [-0.05, 0) is 37.1 Å². The molecule has 1 aromatic heterocycles. The molecule has 1 saturated carbocycles. The van der Waals surface area contributed by atoms with Crippen LogP contribution < -0.4 is 14.7 Å². The van der Waals surface area contributed by atoms with Crippen molar-refractivity contribution in [2.45, 2.75) is 18.1 Å². The molecule has 2 fully saturated rings. The Morgan fingerprint density at radius 3 is 2.26 bits per heavy atom. The van der Waals surface area contributed by atoms with E-state index in [1.165, 1.54) is 4.90 Å². The lowest BCUT2D eigenvalue weighted by Gasteiger charge is -2.37. The van der Waals surface area contributed by atoms with E-state index < -0.39 is 16.1 Å². The summed E-state index contributed by atoms with van der Waals surface area (Å²) in [5.41, 5.74) is 2.43. The number of hydrogen-bond donors (Lipinski definition) is 1. The average Bonchev–Trinajstić information content (AvgIpc) is 3.65. The van der Waals surface area contributed by atoms with Gasteiger partial charge in [-0.1, -0.05) is 12.1 Å². The Bertz CT molecular complexity index is 1080. The third-order valence-electron chi connectivity index (χ3n) is 6.16. The van der Waals surface area contributed by atoms with Crippen LogP contribution in [-0.4, -0.2) is 73.4 Å². The Labute approximate surface area is 181 Å². The fourth-order valence-corrected chi connectivity index (χ4v) is 6.13. The summed E-state index contributed by atoms with van der Waals surface area (Å²) in [4.78, 5) is 21.7. The molecular formula is C21H25N5O4S. The number of para-hydroxylation sites is 2. The number of carbonyl (C=O) groups is 1. The molecular weight excluding hydrogens is 418 g/mol. The lowest BCUT2D eigenvalue weighted by Crippen LogP contribution is -2.49. The van der Waals surface area contributed by atoms with Gasteiger partial charge in [-0.15, -0.1) is 0 Å². The van der Waals surface area contributed by atoms with Gasteiger partial charge in [-0.2, -0.15) is 4.31 Å². The standard InChI is InChI=1S/C21H25N5O4S/c27-21(28)26-14-13-25(18-3-1-2-4-19(18)26)20-8-5-16(15-22-20)23-9-11-24(12-10-23)31(29,30)17-6-7-17/h1-5,8,15,17H,6-7,9-14H2,(H,27,28). The van der Waals surface area contributed by atoms with Gasteiger partial charge >= 0.3 is 6.09 Å². The highest BCUT2D eigenvalue weighted by atomic mass is 32.2. The lowest BCUT2D eigenvalue weighted by molar-refractivity contribution is 0.201. The molecule has 1 N–H and O–H groups in total. The molecule has 2 aliphatic heterocycles. The van der Waals surface area contributed by atoms with Crippen molar-refractivity contribution >= 4 is 39.0 Å². The largest absolute Gasteiger partial charge is 0.465 e. The predicted octanol–water partition coefficient (Wildman–Crippen LogP) is 2.33. The van der Waals surface area contributed by atoms with Crippen molar-refractivity contribution in [1.82, 2.24) is 9.29 Å². The highest BCUT2D eigenvalue weighted by Gasteiger charge is 2.41. The second kappa shape index (κ2) is 7.69. The van der Waals surface area contributed by atoms with Gasteiger partial charge in [0.05, 0.1) is 28.5 Å². The molecule has 0 radical (unpaired) electrons. The number of anilines is 4. The fraction of sp³-hybridized carbons (Fsp3) is 0.429. The van der Waals surface area contributed by atoms with E-state index in [0.29, 0.717) is 45.0 Å². The molecule has 1 saturated heterocycles. The highest BCUT2D eigenvalue weighted by molar-refractivity contribution is 7.90. The van der Waals surface area contributed by atoms with Gasteiger partial charge in [-0.25, -0.2) is 18.2 Å². The van der Waals surface area contributed by atoms with Crippen LogP contribution in [0.4, 0.5) is 27.7 Å². The van der Waals surface area contributed by atoms with E-state index in [4.69, 9.17) is 0 Å². The van der Waals surface area contributed by atoms with Crippen molar-refractivity contribution in [2.75, 3.05) is 54.0 Å². The van der Waals surface area contributed by atoms with Crippen LogP contribution in [0, 0.1) is 0 Å². The number of nitrogens with zero attached hydrogens (tertiary/aromatic N) is 5. The number of amides is 1. The molecule has 1 amide bonds. The molecule has 164 valence electrons. The molecule has 5 rings (SSSR count). The number of aromatic nitrogens is 1. The molecule has 0 atom stereocenters. The van der Waals surface area contributed by atoms with Crippen LogP contribution >= 0.6 is 0 Å². The van der Waals surface area contributed by atoms with Crippen molar-refractivity contribution in [3.8, 4) is 0 Å². The van der Waals surface area contributed by atoms with Crippen molar-refractivity contribution < 1.29 is 18.3 Å². The van der Waals surface area contributed by atoms with Gasteiger partial charge < -0.3 is 14.9 Å².